The summed E-state index contributed by atoms with van der Waals surface area (Å²) in [7, 11) is 0. The first kappa shape index (κ1) is 119. The zero-order chi connectivity index (χ0) is 97.4. The van der Waals surface area contributed by atoms with Crippen LogP contribution in [0.1, 0.15) is 347 Å². The van der Waals surface area contributed by atoms with Crippen LogP contribution in [0.25, 0.3) is 81.0 Å². The SMILES string of the molecule is CCCCCCCCBr.CCCCCCCCc1ccc(-c2cc[c]([Sn]([CH3])([CH3])[CH3])s2)s1.CCCCCCCCc1ccc(-c2cc[c]([Sn]([CH3])([CH3])[CH3])s2)s1.CCCCCCCCc1ccc(-c2cccs2)s1.CCCCCCCCc1ccc(-c2cccs2)s1.CCCCCCCCc1ccc(-c2ccnc(-c3cc(-c4ccc(CCCCCCCC)s4)ccn3)c2)s1.c1csc(-c2cccs2)c1. The van der Waals surface area contributed by atoms with Gasteiger partial charge in [0.1, 0.15) is 0 Å². The predicted molar refractivity (Wildman–Crippen MR) is 648 cm³/mol. The van der Waals surface area contributed by atoms with Gasteiger partial charge in [0.2, 0.25) is 0 Å². The van der Waals surface area contributed by atoms with E-state index in [1.54, 1.807) is 48.0 Å². The average molecular weight is 2340 g/mol. The van der Waals surface area contributed by atoms with Gasteiger partial charge in [-0.25, -0.2) is 0 Å². The number of aryl methyl sites for hydroxylation is 6. The van der Waals surface area contributed by atoms with Crippen LogP contribution in [-0.2, 0) is 38.5 Å². The van der Waals surface area contributed by atoms with Crippen molar-refractivity contribution in [3.05, 3.63) is 233 Å². The number of hydrogen-bond donors (Lipinski definition) is 0. The monoisotopic (exact) mass is 2340 g/mol. The summed E-state index contributed by atoms with van der Waals surface area (Å²) < 4.78 is 3.38. The minimum Gasteiger partial charge on any atom is -0.255 e. The van der Waals surface area contributed by atoms with Gasteiger partial charge in [-0.3, -0.25) is 9.97 Å². The van der Waals surface area contributed by atoms with Crippen LogP contribution in [0, 0.1) is 0 Å². The molecule has 0 atom stereocenters. The van der Waals surface area contributed by atoms with Crippen LogP contribution in [0.5, 0.6) is 0 Å². The summed E-state index contributed by atoms with van der Waals surface area (Å²) in [5.74, 6) is 0. The van der Waals surface area contributed by atoms with E-state index in [-0.39, 0.29) is 0 Å². The normalized spacial score (nSPS) is 11.3. The molecule has 14 aromatic rings. The van der Waals surface area contributed by atoms with E-state index in [1.165, 1.54) is 393 Å². The van der Waals surface area contributed by atoms with Crippen molar-refractivity contribution in [2.75, 3.05) is 5.33 Å². The zero-order valence-corrected chi connectivity index (χ0v) is 104. The summed E-state index contributed by atoms with van der Waals surface area (Å²) in [6.07, 6.45) is 69.2. The molecule has 14 heterocycles. The molecule has 0 unspecified atom stereocenters. The molecule has 0 aliphatic heterocycles. The van der Waals surface area contributed by atoms with Gasteiger partial charge < -0.3 is 0 Å². The molecule has 0 fully saturated rings. The van der Waals surface area contributed by atoms with Crippen molar-refractivity contribution in [3.8, 4) is 81.0 Å². The van der Waals surface area contributed by atoms with E-state index >= 15 is 0 Å². The first-order chi connectivity index (χ1) is 66.9. The predicted octanol–water partition coefficient (Wildman–Crippen LogP) is 45.2. The molecule has 14 aromatic heterocycles. The molecule has 0 N–H and O–H groups in total. The minimum atomic E-state index is -1.88. The van der Waals surface area contributed by atoms with Crippen molar-refractivity contribution in [3.63, 3.8) is 0 Å². The molecule has 14 rings (SSSR count). The number of nitrogens with zero attached hydrogens (tertiary/aromatic N) is 2. The van der Waals surface area contributed by atoms with Crippen LogP contribution >= 0.6 is 152 Å². The molecule has 0 aliphatic rings. The number of alkyl halides is 1. The minimum absolute atomic E-state index is 0.944. The Labute approximate surface area is 899 Å². The van der Waals surface area contributed by atoms with E-state index in [1.807, 2.05) is 126 Å². The van der Waals surface area contributed by atoms with Gasteiger partial charge in [-0.05, 0) is 187 Å². The Kier molecular flexibility index (Phi) is 63.4. The van der Waals surface area contributed by atoms with E-state index in [2.05, 4.69) is 295 Å². The summed E-state index contributed by atoms with van der Waals surface area (Å²) in [4.78, 5) is 50.6. The second-order valence-electron chi connectivity index (χ2n) is 38.8. The molecule has 0 aliphatic carbocycles. The molecule has 748 valence electrons. The van der Waals surface area contributed by atoms with Crippen molar-refractivity contribution < 1.29 is 0 Å². The van der Waals surface area contributed by atoms with Gasteiger partial charge in [-0.1, -0.05) is 262 Å². The van der Waals surface area contributed by atoms with E-state index in [0.717, 1.165) is 11.4 Å². The topological polar surface area (TPSA) is 25.8 Å². The fourth-order valence-electron chi connectivity index (χ4n) is 16.1. The van der Waals surface area contributed by atoms with Crippen LogP contribution in [0.2, 0.25) is 29.6 Å². The molecule has 0 spiro atoms. The van der Waals surface area contributed by atoms with E-state index in [0.29, 0.717) is 0 Å². The van der Waals surface area contributed by atoms with Gasteiger partial charge in [-0.15, -0.1) is 90.7 Å². The van der Waals surface area contributed by atoms with Crippen LogP contribution in [-0.4, -0.2) is 52.1 Å². The standard InChI is InChI=1S/C34H44N2S2.2C16H22S2.2C16H21S2.C8H17Br.C8H6S2.6CH3.2Sn/c1-3-5-7-9-11-13-15-29-17-19-33(37-29)27-21-23-35-31(25-27)32-26-28(22-24-36-32)34-20-18-30(38-34)16-14-12-10-8-6-4-2;4*1-2-3-4-5-6-7-9-14-11-12-16(18-14)15-10-8-13-17-15;1-2-3-4-5-6-7-8-9;1-3-7(9-5-1)8-4-2-6-10-8;;;;;;;;/h17-26H,3-16H2,1-2H3;2*8,10-13H,2-7,9H2,1H3;2*8,10-12H,2-7,9H2,1H3;2-8H2,1H3;1-6H;6*1H3;;. The molecule has 0 saturated heterocycles. The van der Waals surface area contributed by atoms with Crippen molar-refractivity contribution in [2.24, 2.45) is 0 Å². The van der Waals surface area contributed by atoms with Gasteiger partial charge in [0.15, 0.2) is 0 Å². The van der Waals surface area contributed by atoms with Crippen molar-refractivity contribution in [1.82, 2.24) is 9.97 Å². The van der Waals surface area contributed by atoms with Crippen molar-refractivity contribution in [1.29, 1.82) is 0 Å². The third-order valence-electron chi connectivity index (χ3n) is 24.5. The summed E-state index contributed by atoms with van der Waals surface area (Å²) >= 11 is 22.8. The summed E-state index contributed by atoms with van der Waals surface area (Å²) in [6, 6.07) is 63.0. The van der Waals surface area contributed by atoms with Gasteiger partial charge in [-0.2, -0.15) is 0 Å². The third-order valence-corrected chi connectivity index (χ3v) is 57.6. The van der Waals surface area contributed by atoms with Gasteiger partial charge in [0.05, 0.1) is 11.4 Å². The molecule has 17 heteroatoms. The molecule has 0 aromatic carbocycles. The Morgan fingerprint density at radius 2 is 0.416 bits per heavy atom. The molecule has 0 bridgehead atoms. The number of rotatable bonds is 58. The Bertz CT molecular complexity index is 4870. The number of unbranched alkanes of at least 4 members (excludes halogenated alkanes) is 35. The number of halogens is 1. The summed E-state index contributed by atoms with van der Waals surface area (Å²) in [5.41, 5.74) is 4.36. The molecule has 0 radical (unpaired) electrons. The molecule has 0 saturated carbocycles. The van der Waals surface area contributed by atoms with Gasteiger partial charge >= 0.3 is 272 Å². The van der Waals surface area contributed by atoms with Crippen LogP contribution in [0.15, 0.2) is 204 Å². The second kappa shape index (κ2) is 73.0. The first-order valence-corrected chi connectivity index (χ1v) is 84.5. The molecular formula is C120H171BrN2S12Sn2. The molecule has 2 nitrogen and oxygen atoms in total. The van der Waals surface area contributed by atoms with Crippen molar-refractivity contribution >= 4 is 195 Å². The fourth-order valence-corrected chi connectivity index (χ4v) is 38.8. The Balaban J connectivity index is 0.000000205. The summed E-state index contributed by atoms with van der Waals surface area (Å²) in [6.45, 7) is 15.9. The summed E-state index contributed by atoms with van der Waals surface area (Å²) in [5, 5.41) is 9.70. The Hall–Kier alpha value is -3.22. The van der Waals surface area contributed by atoms with E-state index in [9.17, 15) is 0 Å². The van der Waals surface area contributed by atoms with Gasteiger partial charge in [0, 0.05) is 76.2 Å². The van der Waals surface area contributed by atoms with Crippen LogP contribution < -0.4 is 5.79 Å². The maximum absolute atomic E-state index is 4.68. The largest absolute Gasteiger partial charge is 0.255 e. The third kappa shape index (κ3) is 49.2. The molecular weight excluding hydrogens is 2170 g/mol. The quantitative estimate of drug-likeness (QED) is 0.0216. The molecule has 0 amide bonds. The maximum atomic E-state index is 4.68. The maximum Gasteiger partial charge on any atom is 0.0892 e. The zero-order valence-electron chi connectivity index (χ0n) is 86.4. The number of pyridine rings is 2. The molecule has 137 heavy (non-hydrogen) atoms. The fraction of sp³-hybridized carbons (Fsp3) is 0.517. The first-order valence-electron chi connectivity index (χ1n) is 53.3. The smallest absolute Gasteiger partial charge is 0.0892 e. The number of aromatic nitrogens is 2. The Morgan fingerprint density at radius 1 is 0.212 bits per heavy atom. The van der Waals surface area contributed by atoms with E-state index < -0.39 is 36.8 Å². The van der Waals surface area contributed by atoms with Crippen LogP contribution in [0.4, 0.5) is 0 Å². The number of hydrogen-bond acceptors (Lipinski definition) is 14. The second-order valence-corrected chi connectivity index (χ2v) is 83.3. The van der Waals surface area contributed by atoms with E-state index in [4.69, 9.17) is 0 Å². The van der Waals surface area contributed by atoms with Crippen molar-refractivity contribution in [2.45, 2.75) is 386 Å². The average Bonchev–Trinajstić information content (AvgIpc) is 1.42. The number of thiophene rings is 12. The van der Waals surface area contributed by atoms with Gasteiger partial charge in [0.25, 0.3) is 0 Å². The Morgan fingerprint density at radius 3 is 0.642 bits per heavy atom. The van der Waals surface area contributed by atoms with Crippen LogP contribution in [0.3, 0.4) is 0 Å².